The lowest BCUT2D eigenvalue weighted by Crippen LogP contribution is -2.22. The highest BCUT2D eigenvalue weighted by Crippen LogP contribution is 2.37. The van der Waals surface area contributed by atoms with Gasteiger partial charge in [0, 0.05) is 18.5 Å². The number of carbonyl (C=O) groups excluding carboxylic acids is 2. The van der Waals surface area contributed by atoms with E-state index >= 15 is 0 Å². The van der Waals surface area contributed by atoms with E-state index in [4.69, 9.17) is 4.74 Å². The van der Waals surface area contributed by atoms with Crippen LogP contribution in [-0.2, 0) is 18.3 Å². The molecule has 3 aromatic rings. The molecule has 0 atom stereocenters. The van der Waals surface area contributed by atoms with Gasteiger partial charge in [-0.1, -0.05) is 24.2 Å². The monoisotopic (exact) mass is 517 g/mol. The second-order valence-electron chi connectivity index (χ2n) is 7.85. The van der Waals surface area contributed by atoms with E-state index in [9.17, 15) is 19.5 Å². The van der Waals surface area contributed by atoms with Gasteiger partial charge in [-0.05, 0) is 53.2 Å². The molecule has 1 aliphatic rings. The summed E-state index contributed by atoms with van der Waals surface area (Å²) in [5.41, 5.74) is 1.04. The predicted molar refractivity (Wildman–Crippen MR) is 128 cm³/mol. The van der Waals surface area contributed by atoms with Crippen LogP contribution in [0.1, 0.15) is 41.7 Å². The third-order valence-corrected chi connectivity index (χ3v) is 7.69. The number of carboxylic acids is 1. The van der Waals surface area contributed by atoms with Gasteiger partial charge >= 0.3 is 12.0 Å². The molecule has 35 heavy (non-hydrogen) atoms. The molecule has 2 aromatic heterocycles. The SMILES string of the molecule is COc1ccc(NC(=O)Nc2nc(CC(=O)O)c(Sc3nnnn3C)s2)c(C(=O)C2CCCC2)c1. The number of hydrogen-bond acceptors (Lipinski definition) is 10. The number of aliphatic carboxylic acids is 1. The largest absolute Gasteiger partial charge is 0.497 e. The maximum Gasteiger partial charge on any atom is 0.325 e. The number of hydrogen-bond donors (Lipinski definition) is 3. The van der Waals surface area contributed by atoms with Gasteiger partial charge in [0.2, 0.25) is 5.16 Å². The number of rotatable bonds is 9. The van der Waals surface area contributed by atoms with Crippen LogP contribution in [-0.4, -0.2) is 55.2 Å². The minimum atomic E-state index is -1.06. The van der Waals surface area contributed by atoms with E-state index in [2.05, 4.69) is 31.1 Å². The molecule has 3 N–H and O–H groups in total. The van der Waals surface area contributed by atoms with E-state index in [1.807, 2.05) is 0 Å². The Hall–Kier alpha value is -3.52. The molecule has 0 spiro atoms. The van der Waals surface area contributed by atoms with Crippen LogP contribution >= 0.6 is 23.1 Å². The number of carbonyl (C=O) groups is 3. The summed E-state index contributed by atoms with van der Waals surface area (Å²) in [5, 5.41) is 26.5. The van der Waals surface area contributed by atoms with Crippen molar-refractivity contribution >= 4 is 51.7 Å². The average molecular weight is 518 g/mol. The Morgan fingerprint density at radius 3 is 2.69 bits per heavy atom. The van der Waals surface area contributed by atoms with Gasteiger partial charge in [-0.3, -0.25) is 14.9 Å². The van der Waals surface area contributed by atoms with Crippen molar-refractivity contribution in [3.05, 3.63) is 29.5 Å². The van der Waals surface area contributed by atoms with Gasteiger partial charge in [0.05, 0.1) is 29.1 Å². The van der Waals surface area contributed by atoms with Gasteiger partial charge < -0.3 is 15.2 Å². The minimum Gasteiger partial charge on any atom is -0.497 e. The van der Waals surface area contributed by atoms with Crippen LogP contribution in [0.4, 0.5) is 15.6 Å². The summed E-state index contributed by atoms with van der Waals surface area (Å²) in [6.45, 7) is 0. The van der Waals surface area contributed by atoms with E-state index < -0.39 is 12.0 Å². The van der Waals surface area contributed by atoms with Crippen LogP contribution in [0.2, 0.25) is 0 Å². The van der Waals surface area contributed by atoms with Crippen molar-refractivity contribution in [2.24, 2.45) is 13.0 Å². The first-order valence-electron chi connectivity index (χ1n) is 10.8. The van der Waals surface area contributed by atoms with Crippen molar-refractivity contribution < 1.29 is 24.2 Å². The van der Waals surface area contributed by atoms with Crippen molar-refractivity contribution in [1.82, 2.24) is 25.2 Å². The summed E-state index contributed by atoms with van der Waals surface area (Å²) in [6, 6.07) is 4.32. The number of amides is 2. The molecule has 4 rings (SSSR count). The standard InChI is InChI=1S/C21H23N7O5S2/c1-28-21(25-26-27-28)35-18-15(10-16(29)30)23-20(34-18)24-19(32)22-14-8-7-12(33-2)9-13(14)17(31)11-5-3-4-6-11/h7-9,11H,3-6,10H2,1-2H3,(H,29,30)(H2,22,23,24,32). The third kappa shape index (κ3) is 5.95. The lowest BCUT2D eigenvalue weighted by molar-refractivity contribution is -0.136. The summed E-state index contributed by atoms with van der Waals surface area (Å²) >= 11 is 2.26. The zero-order valence-electron chi connectivity index (χ0n) is 19.0. The Kier molecular flexibility index (Phi) is 7.60. The fraction of sp³-hybridized carbons (Fsp3) is 0.381. The van der Waals surface area contributed by atoms with Crippen molar-refractivity contribution in [2.45, 2.75) is 41.5 Å². The lowest BCUT2D eigenvalue weighted by atomic mass is 9.95. The maximum atomic E-state index is 13.1. The maximum absolute atomic E-state index is 13.1. The zero-order valence-corrected chi connectivity index (χ0v) is 20.6. The molecule has 2 amide bonds. The van der Waals surface area contributed by atoms with Crippen LogP contribution in [0.15, 0.2) is 27.6 Å². The number of thiazole rings is 1. The number of carboxylic acid groups (broad SMARTS) is 1. The van der Waals surface area contributed by atoms with Gasteiger partial charge in [0.15, 0.2) is 10.9 Å². The molecule has 14 heteroatoms. The summed E-state index contributed by atoms with van der Waals surface area (Å²) in [4.78, 5) is 41.4. The molecule has 0 radical (unpaired) electrons. The topological polar surface area (TPSA) is 161 Å². The molecule has 1 aliphatic carbocycles. The van der Waals surface area contributed by atoms with Gasteiger partial charge in [-0.25, -0.2) is 14.5 Å². The Labute approximate surface area is 208 Å². The first-order valence-corrected chi connectivity index (χ1v) is 12.4. The number of aromatic nitrogens is 5. The number of Topliss-reactive ketones (excluding diaryl/α,β-unsaturated/α-hetero) is 1. The van der Waals surface area contributed by atoms with Gasteiger partial charge in [-0.15, -0.1) is 5.10 Å². The van der Waals surface area contributed by atoms with E-state index in [0.29, 0.717) is 26.4 Å². The third-order valence-electron chi connectivity index (χ3n) is 5.43. The Morgan fingerprint density at radius 2 is 2.03 bits per heavy atom. The molecule has 2 heterocycles. The number of benzene rings is 1. The van der Waals surface area contributed by atoms with Crippen molar-refractivity contribution in [1.29, 1.82) is 0 Å². The fourth-order valence-corrected chi connectivity index (χ4v) is 5.72. The lowest BCUT2D eigenvalue weighted by Gasteiger charge is -2.15. The molecule has 0 saturated heterocycles. The van der Waals surface area contributed by atoms with E-state index in [0.717, 1.165) is 48.8 Å². The van der Waals surface area contributed by atoms with E-state index in [-0.39, 0.29) is 28.9 Å². The summed E-state index contributed by atoms with van der Waals surface area (Å²) in [5.74, 6) is -0.628. The second kappa shape index (κ2) is 10.8. The fourth-order valence-electron chi connectivity index (χ4n) is 3.74. The Balaban J connectivity index is 1.52. The van der Waals surface area contributed by atoms with Crippen LogP contribution in [0.25, 0.3) is 0 Å². The average Bonchev–Trinajstić information content (AvgIpc) is 3.57. The molecule has 0 aliphatic heterocycles. The number of nitrogens with zero attached hydrogens (tertiary/aromatic N) is 5. The zero-order chi connectivity index (χ0) is 24.9. The molecule has 1 aromatic carbocycles. The van der Waals surface area contributed by atoms with Crippen molar-refractivity contribution in [2.75, 3.05) is 17.7 Å². The quantitative estimate of drug-likeness (QED) is 0.358. The van der Waals surface area contributed by atoms with Gasteiger partial charge in [0.1, 0.15) is 5.75 Å². The summed E-state index contributed by atoms with van der Waals surface area (Å²) < 4.78 is 7.26. The normalized spacial score (nSPS) is 13.5. The predicted octanol–water partition coefficient (Wildman–Crippen LogP) is 3.47. The summed E-state index contributed by atoms with van der Waals surface area (Å²) in [6.07, 6.45) is 3.35. The number of tetrazole rings is 1. The smallest absolute Gasteiger partial charge is 0.325 e. The number of ether oxygens (including phenoxy) is 1. The highest BCUT2D eigenvalue weighted by molar-refractivity contribution is 8.01. The molecule has 0 bridgehead atoms. The first-order chi connectivity index (χ1) is 16.8. The highest BCUT2D eigenvalue weighted by Gasteiger charge is 2.27. The second-order valence-corrected chi connectivity index (χ2v) is 10.1. The first kappa shape index (κ1) is 24.6. The van der Waals surface area contributed by atoms with E-state index in [1.165, 1.54) is 11.8 Å². The highest BCUT2D eigenvalue weighted by atomic mass is 32.2. The molecular formula is C21H23N7O5S2. The molecular weight excluding hydrogens is 494 g/mol. The van der Waals surface area contributed by atoms with Crippen molar-refractivity contribution in [3.8, 4) is 5.75 Å². The number of urea groups is 1. The minimum absolute atomic E-state index is 0.0225. The number of methoxy groups -OCH3 is 1. The molecule has 1 fully saturated rings. The van der Waals surface area contributed by atoms with Crippen LogP contribution < -0.4 is 15.4 Å². The summed E-state index contributed by atoms with van der Waals surface area (Å²) in [7, 11) is 3.18. The Morgan fingerprint density at radius 1 is 1.26 bits per heavy atom. The number of anilines is 2. The Bertz CT molecular complexity index is 1250. The van der Waals surface area contributed by atoms with Gasteiger partial charge in [-0.2, -0.15) is 0 Å². The van der Waals surface area contributed by atoms with Gasteiger partial charge in [0.25, 0.3) is 0 Å². The molecule has 1 saturated carbocycles. The number of nitrogens with one attached hydrogen (secondary N) is 2. The molecule has 0 unspecified atom stereocenters. The van der Waals surface area contributed by atoms with Crippen LogP contribution in [0.3, 0.4) is 0 Å². The number of ketones is 1. The van der Waals surface area contributed by atoms with Crippen LogP contribution in [0.5, 0.6) is 5.75 Å². The van der Waals surface area contributed by atoms with Crippen LogP contribution in [0, 0.1) is 5.92 Å². The van der Waals surface area contributed by atoms with E-state index in [1.54, 1.807) is 25.2 Å². The molecule has 12 nitrogen and oxygen atoms in total. The molecule has 184 valence electrons. The number of aryl methyl sites for hydroxylation is 1. The van der Waals surface area contributed by atoms with Crippen molar-refractivity contribution in [3.63, 3.8) is 0 Å².